The van der Waals surface area contributed by atoms with Crippen molar-refractivity contribution in [2.75, 3.05) is 13.2 Å². The summed E-state index contributed by atoms with van der Waals surface area (Å²) in [5, 5.41) is 9.54. The summed E-state index contributed by atoms with van der Waals surface area (Å²) in [6.45, 7) is 3.29. The molecule has 0 aromatic carbocycles. The number of carbonyl (C=O) groups excluding carboxylic acids is 2. The predicted octanol–water partition coefficient (Wildman–Crippen LogP) is 11.0. The quantitative estimate of drug-likeness (QED) is 0.0249. The maximum atomic E-state index is 12.4. The van der Waals surface area contributed by atoms with Crippen molar-refractivity contribution in [2.45, 2.75) is 161 Å². The highest BCUT2D eigenvalue weighted by molar-refractivity contribution is 7.46. The lowest BCUT2D eigenvalue weighted by Crippen LogP contribution is -2.29. The molecule has 0 aromatic rings. The van der Waals surface area contributed by atoms with E-state index in [-0.39, 0.29) is 25.6 Å². The van der Waals surface area contributed by atoms with Crippen molar-refractivity contribution >= 4 is 19.8 Å². The first-order valence-corrected chi connectivity index (χ1v) is 21.5. The van der Waals surface area contributed by atoms with Gasteiger partial charge in [0.25, 0.3) is 0 Å². The van der Waals surface area contributed by atoms with Gasteiger partial charge in [0.15, 0.2) is 6.10 Å². The SMILES string of the molecule is CCCCCCCC/C=C\C/C=C\C/C=C\CCCC(=O)OC[C@H](COP(=O)(O)O)OC(=O)CCC/C=C\C/C=C\C/C=C\C/C=C\CC[C@H](O)CC. The summed E-state index contributed by atoms with van der Waals surface area (Å²) in [5.74, 6) is -1.04. The largest absolute Gasteiger partial charge is 0.469 e. The van der Waals surface area contributed by atoms with Gasteiger partial charge in [-0.05, 0) is 89.9 Å². The molecule has 0 aliphatic rings. The van der Waals surface area contributed by atoms with E-state index in [1.54, 1.807) is 0 Å². The van der Waals surface area contributed by atoms with Crippen molar-refractivity contribution in [3.8, 4) is 0 Å². The van der Waals surface area contributed by atoms with Crippen LogP contribution in [0.2, 0.25) is 0 Å². The molecular weight excluding hydrogens is 691 g/mol. The van der Waals surface area contributed by atoms with E-state index in [2.05, 4.69) is 78.3 Å². The Kier molecular flexibility index (Phi) is 35.5. The van der Waals surface area contributed by atoms with E-state index in [1.807, 2.05) is 25.2 Å². The molecule has 0 aromatic heterocycles. The van der Waals surface area contributed by atoms with Crippen LogP contribution in [0.1, 0.15) is 149 Å². The summed E-state index contributed by atoms with van der Waals surface area (Å²) in [6.07, 6.45) is 46.9. The summed E-state index contributed by atoms with van der Waals surface area (Å²) >= 11 is 0. The lowest BCUT2D eigenvalue weighted by molar-refractivity contribution is -0.161. The third-order valence-corrected chi connectivity index (χ3v) is 8.54. The first-order chi connectivity index (χ1) is 25.7. The maximum Gasteiger partial charge on any atom is 0.469 e. The molecule has 0 amide bonds. The summed E-state index contributed by atoms with van der Waals surface area (Å²) in [6, 6.07) is 0. The zero-order valence-electron chi connectivity index (χ0n) is 32.7. The van der Waals surface area contributed by atoms with Crippen LogP contribution in [0.3, 0.4) is 0 Å². The molecule has 0 aliphatic heterocycles. The number of allylic oxidation sites excluding steroid dienone is 14. The van der Waals surface area contributed by atoms with E-state index in [1.165, 1.54) is 38.5 Å². The zero-order valence-corrected chi connectivity index (χ0v) is 33.6. The molecule has 0 bridgehead atoms. The van der Waals surface area contributed by atoms with E-state index in [0.717, 1.165) is 57.8 Å². The number of phosphoric ester groups is 1. The van der Waals surface area contributed by atoms with Gasteiger partial charge >= 0.3 is 19.8 Å². The van der Waals surface area contributed by atoms with Gasteiger partial charge in [-0.2, -0.15) is 0 Å². The van der Waals surface area contributed by atoms with Crippen molar-refractivity contribution in [2.24, 2.45) is 0 Å². The lowest BCUT2D eigenvalue weighted by Gasteiger charge is -2.18. The van der Waals surface area contributed by atoms with Crippen LogP contribution in [0.25, 0.3) is 0 Å². The summed E-state index contributed by atoms with van der Waals surface area (Å²) in [5.41, 5.74) is 0. The molecule has 0 radical (unpaired) electrons. The molecule has 0 rings (SSSR count). The van der Waals surface area contributed by atoms with Crippen LogP contribution in [-0.4, -0.2) is 52.3 Å². The molecule has 3 N–H and O–H groups in total. The molecule has 0 aliphatic carbocycles. The second-order valence-electron chi connectivity index (χ2n) is 13.0. The number of carbonyl (C=O) groups is 2. The topological polar surface area (TPSA) is 140 Å². The van der Waals surface area contributed by atoms with Crippen molar-refractivity contribution in [1.82, 2.24) is 0 Å². The minimum absolute atomic E-state index is 0.108. The normalized spacial score (nSPS) is 14.0. The number of hydrogen-bond acceptors (Lipinski definition) is 7. The highest BCUT2D eigenvalue weighted by atomic mass is 31.2. The minimum Gasteiger partial charge on any atom is -0.462 e. The van der Waals surface area contributed by atoms with Crippen LogP contribution in [-0.2, 0) is 28.2 Å². The number of esters is 2. The Morgan fingerprint density at radius 3 is 1.49 bits per heavy atom. The molecule has 0 spiro atoms. The Bertz CT molecular complexity index is 1150. The molecular formula is C43H71O9P. The number of unbranched alkanes of at least 4 members (excludes halogenated alkanes) is 8. The number of ether oxygens (including phenoxy) is 2. The first kappa shape index (κ1) is 50.2. The smallest absolute Gasteiger partial charge is 0.462 e. The van der Waals surface area contributed by atoms with E-state index in [0.29, 0.717) is 25.7 Å². The number of phosphoric acid groups is 1. The monoisotopic (exact) mass is 762 g/mol. The molecule has 10 heteroatoms. The fraction of sp³-hybridized carbons (Fsp3) is 0.628. The van der Waals surface area contributed by atoms with E-state index < -0.39 is 32.5 Å². The van der Waals surface area contributed by atoms with Crippen molar-refractivity contribution in [3.05, 3.63) is 85.1 Å². The van der Waals surface area contributed by atoms with Gasteiger partial charge in [0.2, 0.25) is 0 Å². The molecule has 9 nitrogen and oxygen atoms in total. The van der Waals surface area contributed by atoms with Gasteiger partial charge in [-0.3, -0.25) is 14.1 Å². The molecule has 0 saturated heterocycles. The van der Waals surface area contributed by atoms with E-state index in [4.69, 9.17) is 19.3 Å². The Labute approximate surface area is 321 Å². The van der Waals surface area contributed by atoms with Gasteiger partial charge in [-0.25, -0.2) is 4.57 Å². The average Bonchev–Trinajstić information content (AvgIpc) is 3.13. The van der Waals surface area contributed by atoms with Crippen LogP contribution < -0.4 is 0 Å². The summed E-state index contributed by atoms with van der Waals surface area (Å²) in [4.78, 5) is 42.7. The van der Waals surface area contributed by atoms with Crippen LogP contribution in [0, 0.1) is 0 Å². The van der Waals surface area contributed by atoms with Gasteiger partial charge in [0, 0.05) is 12.8 Å². The highest BCUT2D eigenvalue weighted by Crippen LogP contribution is 2.35. The number of aliphatic hydroxyl groups is 1. The minimum atomic E-state index is -4.79. The number of rotatable bonds is 35. The van der Waals surface area contributed by atoms with Gasteiger partial charge in [-0.1, -0.05) is 131 Å². The van der Waals surface area contributed by atoms with E-state index >= 15 is 0 Å². The maximum absolute atomic E-state index is 12.4. The standard InChI is InChI=1S/C43H71O9P/c1-3-5-6-7-8-9-10-11-12-13-14-18-21-24-27-30-33-36-42(45)50-38-41(39-51-53(47,48)49)52-43(46)37-34-31-28-25-22-19-16-15-17-20-23-26-29-32-35-40(44)4-2/h11-12,14,16-20,24-29,40-41,44H,3-10,13,15,21-23,30-39H2,1-2H3,(H2,47,48,49)/b12-11-,18-14-,19-16-,20-17-,27-24-,28-25-,29-26-/t40-,41-/m1/s1. The Morgan fingerprint density at radius 1 is 0.566 bits per heavy atom. The van der Waals surface area contributed by atoms with Crippen LogP contribution in [0.15, 0.2) is 85.1 Å². The Morgan fingerprint density at radius 2 is 1.00 bits per heavy atom. The molecule has 302 valence electrons. The summed E-state index contributed by atoms with van der Waals surface area (Å²) in [7, 11) is -4.79. The third kappa shape index (κ3) is 40.2. The Balaban J connectivity index is 4.16. The molecule has 0 saturated carbocycles. The third-order valence-electron chi connectivity index (χ3n) is 8.05. The molecule has 2 atom stereocenters. The number of hydrogen-bond donors (Lipinski definition) is 3. The zero-order chi connectivity index (χ0) is 39.1. The molecule has 53 heavy (non-hydrogen) atoms. The predicted molar refractivity (Wildman–Crippen MR) is 217 cm³/mol. The van der Waals surface area contributed by atoms with Crippen molar-refractivity contribution in [1.29, 1.82) is 0 Å². The van der Waals surface area contributed by atoms with Gasteiger partial charge in [0.05, 0.1) is 12.7 Å². The second kappa shape index (κ2) is 37.5. The highest BCUT2D eigenvalue weighted by Gasteiger charge is 2.22. The van der Waals surface area contributed by atoms with Gasteiger partial charge in [-0.15, -0.1) is 0 Å². The van der Waals surface area contributed by atoms with Crippen molar-refractivity contribution < 1.29 is 43.0 Å². The van der Waals surface area contributed by atoms with Gasteiger partial charge < -0.3 is 24.4 Å². The molecule has 0 heterocycles. The van der Waals surface area contributed by atoms with E-state index in [9.17, 15) is 19.3 Å². The molecule has 0 fully saturated rings. The summed E-state index contributed by atoms with van der Waals surface area (Å²) < 4.78 is 26.2. The molecule has 0 unspecified atom stereocenters. The first-order valence-electron chi connectivity index (χ1n) is 20.0. The van der Waals surface area contributed by atoms with Gasteiger partial charge in [0.1, 0.15) is 6.61 Å². The average molecular weight is 763 g/mol. The second-order valence-corrected chi connectivity index (χ2v) is 14.3. The fourth-order valence-corrected chi connectivity index (χ4v) is 5.25. The fourth-order valence-electron chi connectivity index (χ4n) is 4.89. The van der Waals surface area contributed by atoms with Crippen LogP contribution >= 0.6 is 7.82 Å². The van der Waals surface area contributed by atoms with Crippen LogP contribution in [0.5, 0.6) is 0 Å². The number of aliphatic hydroxyl groups excluding tert-OH is 1. The lowest BCUT2D eigenvalue weighted by atomic mass is 10.1. The van der Waals surface area contributed by atoms with Crippen LogP contribution in [0.4, 0.5) is 0 Å². The van der Waals surface area contributed by atoms with Crippen molar-refractivity contribution in [3.63, 3.8) is 0 Å². The Hall–Kier alpha value is -2.81.